The Morgan fingerprint density at radius 3 is 2.47 bits per heavy atom. The molecule has 4 rings (SSSR count). The van der Waals surface area contributed by atoms with E-state index in [9.17, 15) is 18.0 Å². The third-order valence-electron chi connectivity index (χ3n) is 4.84. The minimum Gasteiger partial charge on any atom is -0.338 e. The smallest absolute Gasteiger partial charge is 0.270 e. The van der Waals surface area contributed by atoms with Crippen LogP contribution in [0.15, 0.2) is 61.4 Å². The van der Waals surface area contributed by atoms with Gasteiger partial charge in [-0.2, -0.15) is 0 Å². The number of carbonyl (C=O) groups is 1. The maximum Gasteiger partial charge on any atom is 0.270 e. The Balaban J connectivity index is 1.41. The van der Waals surface area contributed by atoms with Crippen LogP contribution in [0.25, 0.3) is 11.1 Å². The summed E-state index contributed by atoms with van der Waals surface area (Å²) in [5.74, 6) is -3.23. The molecule has 0 bridgehead atoms. The fourth-order valence-corrected chi connectivity index (χ4v) is 3.17. The number of anilines is 3. The number of aryl methyl sites for hydroxylation is 1. The van der Waals surface area contributed by atoms with Crippen LogP contribution >= 0.6 is 0 Å². The Morgan fingerprint density at radius 1 is 1.06 bits per heavy atom. The van der Waals surface area contributed by atoms with Crippen LogP contribution in [0.3, 0.4) is 0 Å². The van der Waals surface area contributed by atoms with E-state index >= 15 is 0 Å². The molecule has 0 saturated carbocycles. The summed E-state index contributed by atoms with van der Waals surface area (Å²) >= 11 is 0. The molecule has 4 aromatic rings. The first-order valence-corrected chi connectivity index (χ1v) is 10.2. The Labute approximate surface area is 192 Å². The zero-order valence-electron chi connectivity index (χ0n) is 18.3. The summed E-state index contributed by atoms with van der Waals surface area (Å²) in [7, 11) is 1.83. The summed E-state index contributed by atoms with van der Waals surface area (Å²) in [6.07, 6.45) is 7.38. The van der Waals surface area contributed by atoms with Gasteiger partial charge >= 0.3 is 0 Å². The van der Waals surface area contributed by atoms with E-state index in [1.54, 1.807) is 23.2 Å². The maximum absolute atomic E-state index is 14.7. The number of nitrogens with one attached hydrogen (secondary N) is 2. The number of hydrogen-bond donors (Lipinski definition) is 2. The molecule has 0 unspecified atom stereocenters. The van der Waals surface area contributed by atoms with Crippen molar-refractivity contribution < 1.29 is 18.0 Å². The third-order valence-corrected chi connectivity index (χ3v) is 4.84. The first-order valence-electron chi connectivity index (χ1n) is 10.2. The van der Waals surface area contributed by atoms with Gasteiger partial charge in [-0.1, -0.05) is 12.1 Å². The highest BCUT2D eigenvalue weighted by molar-refractivity contribution is 5.91. The molecule has 3 heterocycles. The topological polar surface area (TPSA) is 97.6 Å². The first-order chi connectivity index (χ1) is 16.2. The molecule has 0 aliphatic rings. The number of imidazole rings is 1. The average Bonchev–Trinajstić information content (AvgIpc) is 3.18. The van der Waals surface area contributed by atoms with Crippen molar-refractivity contribution in [2.45, 2.75) is 19.3 Å². The number of rotatable bonds is 7. The molecule has 0 radical (unpaired) electrons. The number of nitrogens with zero attached hydrogens (tertiary/aromatic N) is 5. The summed E-state index contributed by atoms with van der Waals surface area (Å²) in [6, 6.07) is 6.64. The van der Waals surface area contributed by atoms with Gasteiger partial charge in [0.1, 0.15) is 11.6 Å². The largest absolute Gasteiger partial charge is 0.338 e. The molecule has 11 heteroatoms. The molecular formula is C23H20F3N7O. The minimum absolute atomic E-state index is 0.00216. The van der Waals surface area contributed by atoms with Crippen molar-refractivity contribution in [3.05, 3.63) is 78.4 Å². The lowest BCUT2D eigenvalue weighted by Gasteiger charge is -2.12. The zero-order chi connectivity index (χ0) is 24.3. The monoisotopic (exact) mass is 467 g/mol. The predicted octanol–water partition coefficient (Wildman–Crippen LogP) is 4.45. The van der Waals surface area contributed by atoms with Gasteiger partial charge in [0.2, 0.25) is 11.9 Å². The van der Waals surface area contributed by atoms with E-state index in [1.165, 1.54) is 36.8 Å². The summed E-state index contributed by atoms with van der Waals surface area (Å²) in [5, 5.41) is 5.40. The number of benzene rings is 1. The van der Waals surface area contributed by atoms with Crippen LogP contribution in [0.4, 0.5) is 30.8 Å². The molecule has 1 aromatic carbocycles. The molecule has 34 heavy (non-hydrogen) atoms. The highest BCUT2D eigenvalue weighted by Crippen LogP contribution is 2.28. The number of halogens is 3. The summed E-state index contributed by atoms with van der Waals surface area (Å²) < 4.78 is 43.4. The number of pyridine rings is 1. The Hall–Kier alpha value is -4.28. The van der Waals surface area contributed by atoms with Crippen molar-refractivity contribution in [2.24, 2.45) is 7.05 Å². The number of alkyl halides is 2. The van der Waals surface area contributed by atoms with Crippen molar-refractivity contribution >= 4 is 23.5 Å². The van der Waals surface area contributed by atoms with Crippen molar-refractivity contribution in [3.63, 3.8) is 0 Å². The summed E-state index contributed by atoms with van der Waals surface area (Å²) in [6.45, 7) is 0.758. The van der Waals surface area contributed by atoms with Crippen LogP contribution in [0.5, 0.6) is 0 Å². The molecule has 0 aliphatic heterocycles. The first kappa shape index (κ1) is 22.9. The lowest BCUT2D eigenvalue weighted by molar-refractivity contribution is -0.115. The van der Waals surface area contributed by atoms with E-state index in [4.69, 9.17) is 0 Å². The molecule has 0 atom stereocenters. The zero-order valence-corrected chi connectivity index (χ0v) is 18.3. The number of aromatic nitrogens is 5. The number of hydrogen-bond acceptors (Lipinski definition) is 6. The fourth-order valence-electron chi connectivity index (χ4n) is 3.17. The molecule has 174 valence electrons. The van der Waals surface area contributed by atoms with E-state index in [2.05, 4.69) is 30.6 Å². The highest BCUT2D eigenvalue weighted by atomic mass is 19.3. The standard InChI is InChI=1S/C23H20F3N7O/c1-23(25,26)16-5-6-27-19(9-16)31-21(34)8-14-3-4-17(18(24)7-14)15-10-28-22(29-11-15)32-20-12-33(2)13-30-20/h3-7,9-13H,8H2,1-2H3,(H,27,31,34)(H,28,29,32). The van der Waals surface area contributed by atoms with Gasteiger partial charge in [-0.25, -0.2) is 33.1 Å². The minimum atomic E-state index is -3.06. The Kier molecular flexibility index (Phi) is 6.26. The fraction of sp³-hybridized carbons (Fsp3) is 0.174. The van der Waals surface area contributed by atoms with Crippen LogP contribution in [0.1, 0.15) is 18.1 Å². The van der Waals surface area contributed by atoms with Gasteiger partial charge in [0.15, 0.2) is 5.82 Å². The normalized spacial score (nSPS) is 11.3. The second-order valence-corrected chi connectivity index (χ2v) is 7.70. The lowest BCUT2D eigenvalue weighted by Crippen LogP contribution is -2.16. The van der Waals surface area contributed by atoms with Crippen molar-refractivity contribution in [1.29, 1.82) is 0 Å². The summed E-state index contributed by atoms with van der Waals surface area (Å²) in [5.41, 5.74) is 0.872. The van der Waals surface area contributed by atoms with Crippen molar-refractivity contribution in [3.8, 4) is 11.1 Å². The molecule has 0 fully saturated rings. The van der Waals surface area contributed by atoms with E-state index < -0.39 is 17.6 Å². The van der Waals surface area contributed by atoms with Crippen LogP contribution < -0.4 is 10.6 Å². The number of carbonyl (C=O) groups excluding carboxylic acids is 1. The third kappa shape index (κ3) is 5.55. The molecule has 0 saturated heterocycles. The van der Waals surface area contributed by atoms with Crippen molar-refractivity contribution in [1.82, 2.24) is 24.5 Å². The van der Waals surface area contributed by atoms with Gasteiger partial charge < -0.3 is 15.2 Å². The van der Waals surface area contributed by atoms with E-state index in [-0.39, 0.29) is 23.4 Å². The van der Waals surface area contributed by atoms with Gasteiger partial charge in [-0.3, -0.25) is 4.79 Å². The summed E-state index contributed by atoms with van der Waals surface area (Å²) in [4.78, 5) is 28.7. The molecular weight excluding hydrogens is 447 g/mol. The second kappa shape index (κ2) is 9.30. The van der Waals surface area contributed by atoms with Gasteiger partial charge in [0.05, 0.1) is 12.7 Å². The van der Waals surface area contributed by atoms with E-state index in [0.29, 0.717) is 22.9 Å². The molecule has 3 aromatic heterocycles. The van der Waals surface area contributed by atoms with Crippen LogP contribution in [-0.4, -0.2) is 30.4 Å². The van der Waals surface area contributed by atoms with Crippen molar-refractivity contribution in [2.75, 3.05) is 10.6 Å². The molecule has 8 nitrogen and oxygen atoms in total. The SMILES string of the molecule is Cn1cnc(Nc2ncc(-c3ccc(CC(=O)Nc4cc(C(C)(F)F)ccn4)cc3F)cn2)c1. The molecule has 2 N–H and O–H groups in total. The predicted molar refractivity (Wildman–Crippen MR) is 120 cm³/mol. The van der Waals surface area contributed by atoms with Gasteiger partial charge in [0, 0.05) is 55.4 Å². The Bertz CT molecular complexity index is 1320. The maximum atomic E-state index is 14.7. The highest BCUT2D eigenvalue weighted by Gasteiger charge is 2.24. The lowest BCUT2D eigenvalue weighted by atomic mass is 10.0. The quantitative estimate of drug-likeness (QED) is 0.417. The van der Waals surface area contributed by atoms with Gasteiger partial charge in [0.25, 0.3) is 5.92 Å². The van der Waals surface area contributed by atoms with E-state index in [1.807, 2.05) is 7.05 Å². The van der Waals surface area contributed by atoms with E-state index in [0.717, 1.165) is 13.0 Å². The number of amides is 1. The van der Waals surface area contributed by atoms with Gasteiger partial charge in [-0.15, -0.1) is 0 Å². The van der Waals surface area contributed by atoms with Gasteiger partial charge in [-0.05, 0) is 23.8 Å². The van der Waals surface area contributed by atoms with Crippen LogP contribution in [0, 0.1) is 5.82 Å². The van der Waals surface area contributed by atoms with Crippen LogP contribution in [-0.2, 0) is 24.2 Å². The molecule has 0 spiro atoms. The molecule has 1 amide bonds. The average molecular weight is 467 g/mol. The van der Waals surface area contributed by atoms with Crippen LogP contribution in [0.2, 0.25) is 0 Å². The Morgan fingerprint density at radius 2 is 1.82 bits per heavy atom. The second-order valence-electron chi connectivity index (χ2n) is 7.70. The molecule has 0 aliphatic carbocycles.